The highest BCUT2D eigenvalue weighted by Crippen LogP contribution is 2.03. The number of ketones is 1. The highest BCUT2D eigenvalue weighted by Gasteiger charge is 2.10. The van der Waals surface area contributed by atoms with Crippen molar-refractivity contribution in [2.75, 3.05) is 6.61 Å². The van der Waals surface area contributed by atoms with Gasteiger partial charge in [-0.2, -0.15) is 0 Å². The van der Waals surface area contributed by atoms with E-state index in [2.05, 4.69) is 23.5 Å². The number of hydrogen-bond donors (Lipinski definition) is 0. The maximum Gasteiger partial charge on any atom is 0.388 e. The SMILES string of the molecule is CCOC(=O)C(=O)C#Cc1ccc(CC)cc1. The first-order valence-electron chi connectivity index (χ1n) is 5.49. The van der Waals surface area contributed by atoms with Gasteiger partial charge in [-0.05, 0) is 37.0 Å². The van der Waals surface area contributed by atoms with Crippen LogP contribution in [0.25, 0.3) is 0 Å². The molecule has 3 heteroatoms. The summed E-state index contributed by atoms with van der Waals surface area (Å²) in [5.41, 5.74) is 1.91. The van der Waals surface area contributed by atoms with Crippen LogP contribution in [0, 0.1) is 11.8 Å². The molecule has 0 aliphatic rings. The predicted molar refractivity (Wildman–Crippen MR) is 64.3 cm³/mol. The zero-order valence-electron chi connectivity index (χ0n) is 9.95. The minimum atomic E-state index is -0.898. The number of ether oxygens (including phenoxy) is 1. The van der Waals surface area contributed by atoms with Gasteiger partial charge in [0.15, 0.2) is 0 Å². The molecule has 88 valence electrons. The number of rotatable bonds is 3. The third kappa shape index (κ3) is 4.12. The summed E-state index contributed by atoms with van der Waals surface area (Å²) >= 11 is 0. The van der Waals surface area contributed by atoms with Crippen molar-refractivity contribution in [3.63, 3.8) is 0 Å². The lowest BCUT2D eigenvalue weighted by molar-refractivity contribution is -0.150. The van der Waals surface area contributed by atoms with Gasteiger partial charge in [0.2, 0.25) is 0 Å². The Morgan fingerprint density at radius 3 is 2.35 bits per heavy atom. The first-order valence-corrected chi connectivity index (χ1v) is 5.49. The Morgan fingerprint density at radius 2 is 1.82 bits per heavy atom. The lowest BCUT2D eigenvalue weighted by Crippen LogP contribution is -2.15. The normalized spacial score (nSPS) is 9.06. The highest BCUT2D eigenvalue weighted by atomic mass is 16.5. The van der Waals surface area contributed by atoms with Gasteiger partial charge < -0.3 is 4.74 Å². The molecule has 0 heterocycles. The van der Waals surface area contributed by atoms with Crippen LogP contribution in [-0.2, 0) is 20.7 Å². The predicted octanol–water partition coefficient (Wildman–Crippen LogP) is 1.73. The average molecular weight is 230 g/mol. The van der Waals surface area contributed by atoms with Gasteiger partial charge in [0.1, 0.15) is 0 Å². The van der Waals surface area contributed by atoms with E-state index in [-0.39, 0.29) is 6.61 Å². The largest absolute Gasteiger partial charge is 0.459 e. The van der Waals surface area contributed by atoms with Crippen LogP contribution in [0.15, 0.2) is 24.3 Å². The summed E-state index contributed by atoms with van der Waals surface area (Å²) in [6.07, 6.45) is 0.954. The van der Waals surface area contributed by atoms with Crippen molar-refractivity contribution in [3.05, 3.63) is 35.4 Å². The van der Waals surface area contributed by atoms with Crippen LogP contribution in [-0.4, -0.2) is 18.4 Å². The van der Waals surface area contributed by atoms with Gasteiger partial charge in [-0.3, -0.25) is 4.79 Å². The molecule has 3 nitrogen and oxygen atoms in total. The number of carbonyl (C=O) groups is 2. The van der Waals surface area contributed by atoms with E-state index >= 15 is 0 Å². The molecule has 0 aliphatic carbocycles. The molecular weight excluding hydrogens is 216 g/mol. The van der Waals surface area contributed by atoms with E-state index in [1.54, 1.807) is 6.92 Å². The van der Waals surface area contributed by atoms with E-state index in [0.29, 0.717) is 5.56 Å². The van der Waals surface area contributed by atoms with Crippen LogP contribution in [0.1, 0.15) is 25.0 Å². The first-order chi connectivity index (χ1) is 8.17. The lowest BCUT2D eigenvalue weighted by Gasteiger charge is -1.95. The van der Waals surface area contributed by atoms with Crippen molar-refractivity contribution < 1.29 is 14.3 Å². The first kappa shape index (κ1) is 13.0. The summed E-state index contributed by atoms with van der Waals surface area (Å²) in [6.45, 7) is 3.88. The van der Waals surface area contributed by atoms with Crippen molar-refractivity contribution in [3.8, 4) is 11.8 Å². The fourth-order valence-electron chi connectivity index (χ4n) is 1.20. The molecule has 0 bridgehead atoms. The molecule has 1 aromatic carbocycles. The third-order valence-corrected chi connectivity index (χ3v) is 2.14. The van der Waals surface area contributed by atoms with Gasteiger partial charge in [0.05, 0.1) is 6.61 Å². The summed E-state index contributed by atoms with van der Waals surface area (Å²) in [5, 5.41) is 0. The second kappa shape index (κ2) is 6.49. The zero-order chi connectivity index (χ0) is 12.7. The number of Topliss-reactive ketones (excluding diaryl/α,β-unsaturated/α-hetero) is 1. The number of benzene rings is 1. The molecule has 17 heavy (non-hydrogen) atoms. The Labute approximate surface area is 101 Å². The quantitative estimate of drug-likeness (QED) is 0.451. The standard InChI is InChI=1S/C14H14O3/c1-3-11-5-7-12(8-6-11)9-10-13(15)14(16)17-4-2/h5-8H,3-4H2,1-2H3. The van der Waals surface area contributed by atoms with Crippen molar-refractivity contribution >= 4 is 11.8 Å². The van der Waals surface area contributed by atoms with Crippen LogP contribution < -0.4 is 0 Å². The smallest absolute Gasteiger partial charge is 0.388 e. The highest BCUT2D eigenvalue weighted by molar-refractivity contribution is 6.40. The van der Waals surface area contributed by atoms with E-state index in [0.717, 1.165) is 6.42 Å². The molecule has 0 fully saturated rings. The van der Waals surface area contributed by atoms with Crippen LogP contribution in [0.5, 0.6) is 0 Å². The molecule has 0 saturated carbocycles. The maximum atomic E-state index is 11.2. The summed E-state index contributed by atoms with van der Waals surface area (Å²) in [7, 11) is 0. The van der Waals surface area contributed by atoms with Crippen molar-refractivity contribution in [2.45, 2.75) is 20.3 Å². The molecule has 1 rings (SSSR count). The van der Waals surface area contributed by atoms with Gasteiger partial charge in [-0.1, -0.05) is 25.0 Å². The fourth-order valence-corrected chi connectivity index (χ4v) is 1.20. The summed E-state index contributed by atoms with van der Waals surface area (Å²) < 4.78 is 4.54. The van der Waals surface area contributed by atoms with E-state index in [4.69, 9.17) is 0 Å². The Hall–Kier alpha value is -2.08. The molecule has 0 unspecified atom stereocenters. The molecule has 0 saturated heterocycles. The van der Waals surface area contributed by atoms with E-state index in [1.165, 1.54) is 5.56 Å². The number of esters is 1. The molecule has 0 aromatic heterocycles. The second-order valence-corrected chi connectivity index (χ2v) is 3.35. The molecule has 0 atom stereocenters. The number of hydrogen-bond acceptors (Lipinski definition) is 3. The van der Waals surface area contributed by atoms with Crippen LogP contribution in [0.2, 0.25) is 0 Å². The third-order valence-electron chi connectivity index (χ3n) is 2.14. The molecule has 1 aromatic rings. The van der Waals surface area contributed by atoms with Gasteiger partial charge in [-0.15, -0.1) is 0 Å². The zero-order valence-corrected chi connectivity index (χ0v) is 9.95. The maximum absolute atomic E-state index is 11.2. The van der Waals surface area contributed by atoms with Crippen molar-refractivity contribution in [2.24, 2.45) is 0 Å². The monoisotopic (exact) mass is 230 g/mol. The van der Waals surface area contributed by atoms with Crippen LogP contribution in [0.3, 0.4) is 0 Å². The minimum absolute atomic E-state index is 0.178. The molecule has 0 amide bonds. The molecule has 0 aliphatic heterocycles. The average Bonchev–Trinajstić information content (AvgIpc) is 2.36. The van der Waals surface area contributed by atoms with Crippen LogP contribution in [0.4, 0.5) is 0 Å². The van der Waals surface area contributed by atoms with Gasteiger partial charge in [0, 0.05) is 5.56 Å². The second-order valence-electron chi connectivity index (χ2n) is 3.35. The number of carbonyl (C=O) groups excluding carboxylic acids is 2. The Balaban J connectivity index is 2.70. The van der Waals surface area contributed by atoms with E-state index < -0.39 is 11.8 Å². The van der Waals surface area contributed by atoms with Gasteiger partial charge >= 0.3 is 11.8 Å². The summed E-state index contributed by atoms with van der Waals surface area (Å²) in [4.78, 5) is 22.2. The lowest BCUT2D eigenvalue weighted by atomic mass is 10.1. The number of aryl methyl sites for hydroxylation is 1. The van der Waals surface area contributed by atoms with Gasteiger partial charge in [-0.25, -0.2) is 4.79 Å². The Morgan fingerprint density at radius 1 is 1.18 bits per heavy atom. The molecule has 0 N–H and O–H groups in total. The molecular formula is C14H14O3. The van der Waals surface area contributed by atoms with Crippen molar-refractivity contribution in [1.29, 1.82) is 0 Å². The summed E-state index contributed by atoms with van der Waals surface area (Å²) in [6, 6.07) is 7.53. The Kier molecular flexibility index (Phi) is 4.96. The van der Waals surface area contributed by atoms with Crippen molar-refractivity contribution in [1.82, 2.24) is 0 Å². The fraction of sp³-hybridized carbons (Fsp3) is 0.286. The Bertz CT molecular complexity index is 460. The molecule has 0 spiro atoms. The van der Waals surface area contributed by atoms with E-state index in [9.17, 15) is 9.59 Å². The summed E-state index contributed by atoms with van der Waals surface area (Å²) in [5.74, 6) is 3.18. The van der Waals surface area contributed by atoms with Crippen LogP contribution >= 0.6 is 0 Å². The molecule has 0 radical (unpaired) electrons. The van der Waals surface area contributed by atoms with E-state index in [1.807, 2.05) is 24.3 Å². The topological polar surface area (TPSA) is 43.4 Å². The van der Waals surface area contributed by atoms with Gasteiger partial charge in [0.25, 0.3) is 0 Å². The minimum Gasteiger partial charge on any atom is -0.459 e.